The van der Waals surface area contributed by atoms with Gasteiger partial charge in [-0.25, -0.2) is 13.2 Å². The number of nitrogens with zero attached hydrogens (tertiary/aromatic N) is 1. The number of halogens is 3. The minimum atomic E-state index is -2.64. The predicted octanol–water partition coefficient (Wildman–Crippen LogP) is 2.65. The Bertz CT molecular complexity index is 460. The molecular formula is C14H21F3N2O2. The number of hydrogen-bond acceptors (Lipinski definition) is 4. The van der Waals surface area contributed by atoms with E-state index >= 15 is 0 Å². The number of rotatable bonds is 3. The summed E-state index contributed by atoms with van der Waals surface area (Å²) in [5.41, 5.74) is 4.95. The Kier molecular flexibility index (Phi) is 6.14. The number of hydrogen-bond donors (Lipinski definition) is 1. The minimum absolute atomic E-state index is 0.0611. The van der Waals surface area contributed by atoms with Gasteiger partial charge in [-0.1, -0.05) is 0 Å². The molecule has 0 saturated carbocycles. The Morgan fingerprint density at radius 1 is 1.10 bits per heavy atom. The van der Waals surface area contributed by atoms with Crippen LogP contribution in [0.25, 0.3) is 0 Å². The fourth-order valence-electron chi connectivity index (χ4n) is 2.18. The maximum atomic E-state index is 13.8. The molecule has 0 aliphatic carbocycles. The van der Waals surface area contributed by atoms with Gasteiger partial charge in [-0.2, -0.15) is 0 Å². The molecule has 0 atom stereocenters. The van der Waals surface area contributed by atoms with Crippen molar-refractivity contribution in [3.8, 4) is 11.5 Å². The number of ether oxygens (including phenoxy) is 2. The number of anilines is 1. The Morgan fingerprint density at radius 2 is 1.67 bits per heavy atom. The molecule has 2 N–H and O–H groups in total. The molecule has 4 nitrogen and oxygen atoms in total. The lowest BCUT2D eigenvalue weighted by molar-refractivity contribution is -0.0221. The molecule has 0 radical (unpaired) electrons. The van der Waals surface area contributed by atoms with Crippen LogP contribution in [0.1, 0.15) is 12.8 Å². The van der Waals surface area contributed by atoms with Crippen LogP contribution in [0.3, 0.4) is 0 Å². The number of piperidine rings is 1. The van der Waals surface area contributed by atoms with Crippen LogP contribution in [-0.2, 0) is 0 Å². The molecule has 1 aliphatic heterocycles. The molecule has 1 fully saturated rings. The van der Waals surface area contributed by atoms with Crippen LogP contribution in [0, 0.1) is 5.82 Å². The lowest BCUT2D eigenvalue weighted by Crippen LogP contribution is -2.39. The second-order valence-corrected chi connectivity index (χ2v) is 4.50. The largest absolute Gasteiger partial charge is 0.497 e. The van der Waals surface area contributed by atoms with Crippen molar-refractivity contribution < 1.29 is 22.6 Å². The van der Waals surface area contributed by atoms with Crippen molar-refractivity contribution >= 4 is 5.69 Å². The van der Waals surface area contributed by atoms with Gasteiger partial charge < -0.3 is 20.1 Å². The van der Waals surface area contributed by atoms with E-state index in [2.05, 4.69) is 5.73 Å². The highest BCUT2D eigenvalue weighted by molar-refractivity contribution is 5.62. The Labute approximate surface area is 122 Å². The molecule has 2 rings (SSSR count). The van der Waals surface area contributed by atoms with Gasteiger partial charge in [0.15, 0.2) is 11.6 Å². The van der Waals surface area contributed by atoms with E-state index < -0.39 is 11.7 Å². The average Bonchev–Trinajstić information content (AvgIpc) is 2.48. The summed E-state index contributed by atoms with van der Waals surface area (Å²) in [4.78, 5) is 1.70. The minimum Gasteiger partial charge on any atom is -0.497 e. The molecule has 1 aromatic rings. The fourth-order valence-corrected chi connectivity index (χ4v) is 2.18. The first-order valence-corrected chi connectivity index (χ1v) is 6.59. The Hall–Kier alpha value is -1.63. The normalized spacial score (nSPS) is 16.8. The number of alkyl halides is 2. The first-order chi connectivity index (χ1) is 9.96. The van der Waals surface area contributed by atoms with E-state index in [0.717, 1.165) is 0 Å². The van der Waals surface area contributed by atoms with E-state index in [0.29, 0.717) is 11.4 Å². The van der Waals surface area contributed by atoms with Crippen LogP contribution < -0.4 is 20.1 Å². The zero-order valence-corrected chi connectivity index (χ0v) is 12.5. The second kappa shape index (κ2) is 7.40. The van der Waals surface area contributed by atoms with Crippen LogP contribution in [0.15, 0.2) is 12.1 Å². The summed E-state index contributed by atoms with van der Waals surface area (Å²) >= 11 is 0. The van der Waals surface area contributed by atoms with E-state index in [-0.39, 0.29) is 31.7 Å². The van der Waals surface area contributed by atoms with Crippen LogP contribution >= 0.6 is 0 Å². The molecule has 0 unspecified atom stereocenters. The molecule has 1 aliphatic rings. The summed E-state index contributed by atoms with van der Waals surface area (Å²) in [6.07, 6.45) is -0.482. The summed E-state index contributed by atoms with van der Waals surface area (Å²) in [5, 5.41) is 0. The molecule has 0 aromatic heterocycles. The van der Waals surface area contributed by atoms with Crippen molar-refractivity contribution in [1.82, 2.24) is 0 Å². The molecule has 120 valence electrons. The van der Waals surface area contributed by atoms with E-state index in [1.807, 2.05) is 0 Å². The van der Waals surface area contributed by atoms with Crippen LogP contribution in [0.5, 0.6) is 11.5 Å². The molecule has 21 heavy (non-hydrogen) atoms. The van der Waals surface area contributed by atoms with Gasteiger partial charge in [-0.05, 0) is 7.05 Å². The van der Waals surface area contributed by atoms with Gasteiger partial charge in [0.05, 0.1) is 19.9 Å². The van der Waals surface area contributed by atoms with Gasteiger partial charge in [0.25, 0.3) is 5.92 Å². The highest BCUT2D eigenvalue weighted by Crippen LogP contribution is 2.38. The fraction of sp³-hybridized carbons (Fsp3) is 0.571. The predicted molar refractivity (Wildman–Crippen MR) is 76.0 cm³/mol. The lowest BCUT2D eigenvalue weighted by Gasteiger charge is -2.34. The Morgan fingerprint density at radius 3 is 2.14 bits per heavy atom. The maximum Gasteiger partial charge on any atom is 0.251 e. The van der Waals surface area contributed by atoms with Gasteiger partial charge >= 0.3 is 0 Å². The molecule has 1 aromatic carbocycles. The van der Waals surface area contributed by atoms with E-state index in [4.69, 9.17) is 9.47 Å². The van der Waals surface area contributed by atoms with Crippen LogP contribution in [-0.4, -0.2) is 40.3 Å². The van der Waals surface area contributed by atoms with Crippen molar-refractivity contribution in [1.29, 1.82) is 0 Å². The first-order valence-electron chi connectivity index (χ1n) is 6.59. The number of methoxy groups -OCH3 is 2. The van der Waals surface area contributed by atoms with Crippen molar-refractivity contribution in [2.45, 2.75) is 18.8 Å². The smallest absolute Gasteiger partial charge is 0.251 e. The monoisotopic (exact) mass is 306 g/mol. The van der Waals surface area contributed by atoms with E-state index in [1.165, 1.54) is 27.3 Å². The zero-order valence-electron chi connectivity index (χ0n) is 12.5. The quantitative estimate of drug-likeness (QED) is 0.932. The van der Waals surface area contributed by atoms with Gasteiger partial charge in [0.2, 0.25) is 0 Å². The van der Waals surface area contributed by atoms with Gasteiger partial charge in [-0.3, -0.25) is 0 Å². The second-order valence-electron chi connectivity index (χ2n) is 4.50. The molecule has 1 heterocycles. The summed E-state index contributed by atoms with van der Waals surface area (Å²) < 4.78 is 50.1. The zero-order chi connectivity index (χ0) is 16.0. The number of nitrogens with two attached hydrogens (primary N) is 1. The summed E-state index contributed by atoms with van der Waals surface area (Å²) in [7, 11) is 4.28. The van der Waals surface area contributed by atoms with Gasteiger partial charge in [0, 0.05) is 38.1 Å². The number of benzene rings is 1. The summed E-state index contributed by atoms with van der Waals surface area (Å²) in [6.45, 7) is 0.325. The Balaban J connectivity index is 0.00000106. The third-order valence-corrected chi connectivity index (χ3v) is 3.27. The maximum absolute atomic E-state index is 13.8. The molecule has 7 heteroatoms. The molecule has 0 amide bonds. The van der Waals surface area contributed by atoms with Crippen LogP contribution in [0.2, 0.25) is 0 Å². The van der Waals surface area contributed by atoms with E-state index in [1.54, 1.807) is 11.0 Å². The van der Waals surface area contributed by atoms with Crippen molar-refractivity contribution in [3.63, 3.8) is 0 Å². The molecule has 1 saturated heterocycles. The van der Waals surface area contributed by atoms with Crippen molar-refractivity contribution in [2.24, 2.45) is 5.73 Å². The summed E-state index contributed by atoms with van der Waals surface area (Å²) in [6, 6.07) is 2.81. The van der Waals surface area contributed by atoms with E-state index in [9.17, 15) is 13.2 Å². The third-order valence-electron chi connectivity index (χ3n) is 3.27. The topological polar surface area (TPSA) is 47.7 Å². The average molecular weight is 306 g/mol. The van der Waals surface area contributed by atoms with Crippen molar-refractivity contribution in [2.75, 3.05) is 39.3 Å². The standard InChI is InChI=1S/C13H16F3NO2.CH5N/c1-18-9-7-10(14)12(19-2)11(8-9)17-5-3-13(15,16)4-6-17;1-2/h7-8H,3-6H2,1-2H3;2H2,1H3. The third kappa shape index (κ3) is 4.17. The van der Waals surface area contributed by atoms with Crippen molar-refractivity contribution in [3.05, 3.63) is 17.9 Å². The highest BCUT2D eigenvalue weighted by Gasteiger charge is 2.35. The first kappa shape index (κ1) is 17.4. The van der Waals surface area contributed by atoms with Crippen LogP contribution in [0.4, 0.5) is 18.9 Å². The van der Waals surface area contributed by atoms with Gasteiger partial charge in [-0.15, -0.1) is 0 Å². The summed E-state index contributed by atoms with van der Waals surface area (Å²) in [5.74, 6) is -2.80. The highest BCUT2D eigenvalue weighted by atomic mass is 19.3. The molecule has 0 spiro atoms. The lowest BCUT2D eigenvalue weighted by atomic mass is 10.1. The van der Waals surface area contributed by atoms with Gasteiger partial charge in [0.1, 0.15) is 5.75 Å². The SMILES string of the molecule is CN.COc1cc(F)c(OC)c(N2CCC(F)(F)CC2)c1. The molecular weight excluding hydrogens is 285 g/mol. The molecule has 0 bridgehead atoms.